The lowest BCUT2D eigenvalue weighted by molar-refractivity contribution is 0.0309. The molecule has 0 spiro atoms. The van der Waals surface area contributed by atoms with E-state index in [-0.39, 0.29) is 0 Å². The van der Waals surface area contributed by atoms with Crippen LogP contribution in [-0.2, 0) is 4.74 Å². The van der Waals surface area contributed by atoms with Crippen molar-refractivity contribution >= 4 is 0 Å². The molecule has 1 rings (SSSR count). The average molecular weight is 184 g/mol. The highest BCUT2D eigenvalue weighted by Crippen LogP contribution is 2.53. The van der Waals surface area contributed by atoms with Gasteiger partial charge in [-0.3, -0.25) is 0 Å². The van der Waals surface area contributed by atoms with Gasteiger partial charge in [0, 0.05) is 0 Å². The van der Waals surface area contributed by atoms with Crippen molar-refractivity contribution in [2.75, 3.05) is 6.61 Å². The summed E-state index contributed by atoms with van der Waals surface area (Å²) in [6.45, 7) is 12.2. The van der Waals surface area contributed by atoms with E-state index in [1.807, 2.05) is 0 Å². The first kappa shape index (κ1) is 11.0. The van der Waals surface area contributed by atoms with E-state index in [1.54, 1.807) is 0 Å². The zero-order valence-electron chi connectivity index (χ0n) is 9.81. The normalized spacial score (nSPS) is 20.8. The Balaban J connectivity index is 2.31. The molecule has 1 nitrogen and oxygen atoms in total. The average Bonchev–Trinajstić information content (AvgIpc) is 2.62. The topological polar surface area (TPSA) is 9.23 Å². The lowest BCUT2D eigenvalue weighted by Gasteiger charge is -2.26. The predicted octanol–water partition coefficient (Wildman–Crippen LogP) is 3.63. The van der Waals surface area contributed by atoms with Crippen molar-refractivity contribution in [3.8, 4) is 0 Å². The summed E-state index contributed by atoms with van der Waals surface area (Å²) < 4.78 is 5.72. The molecule has 0 bridgehead atoms. The summed E-state index contributed by atoms with van der Waals surface area (Å²) in [5, 5.41) is 0. The van der Waals surface area contributed by atoms with Gasteiger partial charge in [-0.2, -0.15) is 0 Å². The van der Waals surface area contributed by atoms with Gasteiger partial charge >= 0.3 is 0 Å². The molecule has 0 unspecified atom stereocenters. The van der Waals surface area contributed by atoms with Gasteiger partial charge in [0.2, 0.25) is 0 Å². The molecule has 1 fully saturated rings. The second-order valence-corrected chi connectivity index (χ2v) is 6.10. The van der Waals surface area contributed by atoms with Gasteiger partial charge in [-0.05, 0) is 43.9 Å². The van der Waals surface area contributed by atoms with E-state index in [0.29, 0.717) is 16.9 Å². The van der Waals surface area contributed by atoms with Crippen molar-refractivity contribution in [1.29, 1.82) is 0 Å². The minimum atomic E-state index is 0.387. The molecule has 1 aliphatic carbocycles. The van der Waals surface area contributed by atoms with Gasteiger partial charge in [-0.1, -0.05) is 20.8 Å². The third kappa shape index (κ3) is 4.12. The fourth-order valence-electron chi connectivity index (χ4n) is 2.02. The van der Waals surface area contributed by atoms with Crippen LogP contribution in [0.3, 0.4) is 0 Å². The highest BCUT2D eigenvalue weighted by atomic mass is 16.5. The summed E-state index contributed by atoms with van der Waals surface area (Å²) in [4.78, 5) is 0. The second kappa shape index (κ2) is 3.61. The van der Waals surface area contributed by atoms with Crippen LogP contribution >= 0.6 is 0 Å². The summed E-state index contributed by atoms with van der Waals surface area (Å²) in [7, 11) is 0. The van der Waals surface area contributed by atoms with E-state index in [1.165, 1.54) is 19.3 Å². The lowest BCUT2D eigenvalue weighted by Crippen LogP contribution is -2.20. The van der Waals surface area contributed by atoms with Crippen LogP contribution in [0.25, 0.3) is 0 Å². The first-order valence-electron chi connectivity index (χ1n) is 5.45. The number of rotatable bonds is 4. The first-order valence-corrected chi connectivity index (χ1v) is 5.45. The minimum Gasteiger partial charge on any atom is -0.378 e. The molecular formula is C12H24O. The van der Waals surface area contributed by atoms with Gasteiger partial charge in [-0.15, -0.1) is 0 Å². The predicted molar refractivity (Wildman–Crippen MR) is 56.8 cm³/mol. The Hall–Kier alpha value is -0.0400. The molecule has 0 radical (unpaired) electrons. The fraction of sp³-hybridized carbons (Fsp3) is 1.00. The Bertz CT molecular complexity index is 160. The quantitative estimate of drug-likeness (QED) is 0.648. The van der Waals surface area contributed by atoms with Gasteiger partial charge in [-0.25, -0.2) is 0 Å². The third-order valence-electron chi connectivity index (χ3n) is 2.59. The second-order valence-electron chi connectivity index (χ2n) is 6.10. The van der Waals surface area contributed by atoms with Crippen LogP contribution in [0.5, 0.6) is 0 Å². The molecule has 0 amide bonds. The monoisotopic (exact) mass is 184 g/mol. The Morgan fingerprint density at radius 1 is 1.23 bits per heavy atom. The molecule has 0 aromatic heterocycles. The van der Waals surface area contributed by atoms with Crippen LogP contribution in [0, 0.1) is 10.8 Å². The molecule has 0 aromatic rings. The molecule has 1 heteroatoms. The van der Waals surface area contributed by atoms with E-state index < -0.39 is 0 Å². The molecule has 0 heterocycles. The molecule has 1 saturated carbocycles. The first-order chi connectivity index (χ1) is 5.83. The maximum atomic E-state index is 5.72. The third-order valence-corrected chi connectivity index (χ3v) is 2.59. The number of hydrogen-bond donors (Lipinski definition) is 0. The number of hydrogen-bond acceptors (Lipinski definition) is 1. The van der Waals surface area contributed by atoms with Gasteiger partial charge in [0.1, 0.15) is 0 Å². The van der Waals surface area contributed by atoms with Crippen LogP contribution in [0.4, 0.5) is 0 Å². The highest BCUT2D eigenvalue weighted by Gasteiger charge is 2.45. The van der Waals surface area contributed by atoms with Crippen molar-refractivity contribution < 1.29 is 4.74 Å². The smallest absolute Gasteiger partial charge is 0.0526 e. The van der Waals surface area contributed by atoms with E-state index >= 15 is 0 Å². The van der Waals surface area contributed by atoms with E-state index in [4.69, 9.17) is 4.74 Å². The molecule has 78 valence electrons. The molecule has 0 saturated heterocycles. The van der Waals surface area contributed by atoms with Crippen LogP contribution in [0.15, 0.2) is 0 Å². The van der Waals surface area contributed by atoms with E-state index in [2.05, 4.69) is 34.6 Å². The van der Waals surface area contributed by atoms with Crippen molar-refractivity contribution in [1.82, 2.24) is 0 Å². The SMILES string of the molecule is CC(C)OCC1(CC(C)(C)C)CC1. The Kier molecular flexibility index (Phi) is 3.06. The highest BCUT2D eigenvalue weighted by molar-refractivity contribution is 4.95. The van der Waals surface area contributed by atoms with Crippen molar-refractivity contribution in [2.24, 2.45) is 10.8 Å². The van der Waals surface area contributed by atoms with Gasteiger partial charge in [0.15, 0.2) is 0 Å². The summed E-state index contributed by atoms with van der Waals surface area (Å²) in [6.07, 6.45) is 4.44. The molecule has 0 N–H and O–H groups in total. The van der Waals surface area contributed by atoms with Gasteiger partial charge in [0.05, 0.1) is 12.7 Å². The molecule has 13 heavy (non-hydrogen) atoms. The fourth-order valence-corrected chi connectivity index (χ4v) is 2.02. The zero-order valence-corrected chi connectivity index (χ0v) is 9.81. The van der Waals surface area contributed by atoms with Crippen molar-refractivity contribution in [3.63, 3.8) is 0 Å². The summed E-state index contributed by atoms with van der Waals surface area (Å²) in [5.41, 5.74) is 0.999. The Morgan fingerprint density at radius 3 is 2.08 bits per heavy atom. The van der Waals surface area contributed by atoms with Crippen LogP contribution in [-0.4, -0.2) is 12.7 Å². The maximum Gasteiger partial charge on any atom is 0.0526 e. The van der Waals surface area contributed by atoms with Crippen LogP contribution in [0.2, 0.25) is 0 Å². The molecule has 0 aliphatic heterocycles. The Morgan fingerprint density at radius 2 is 1.77 bits per heavy atom. The lowest BCUT2D eigenvalue weighted by atomic mass is 9.83. The summed E-state index contributed by atoms with van der Waals surface area (Å²) in [6, 6.07) is 0. The summed E-state index contributed by atoms with van der Waals surface area (Å²) >= 11 is 0. The molecule has 0 atom stereocenters. The van der Waals surface area contributed by atoms with Gasteiger partial charge in [0.25, 0.3) is 0 Å². The van der Waals surface area contributed by atoms with Crippen molar-refractivity contribution in [3.05, 3.63) is 0 Å². The van der Waals surface area contributed by atoms with E-state index in [9.17, 15) is 0 Å². The van der Waals surface area contributed by atoms with Crippen LogP contribution in [0.1, 0.15) is 53.9 Å². The maximum absolute atomic E-state index is 5.72. The molecule has 0 aromatic carbocycles. The van der Waals surface area contributed by atoms with Crippen molar-refractivity contribution in [2.45, 2.75) is 60.0 Å². The summed E-state index contributed by atoms with van der Waals surface area (Å²) in [5.74, 6) is 0. The minimum absolute atomic E-state index is 0.387. The largest absolute Gasteiger partial charge is 0.378 e. The van der Waals surface area contributed by atoms with Crippen LogP contribution < -0.4 is 0 Å². The van der Waals surface area contributed by atoms with Gasteiger partial charge < -0.3 is 4.74 Å². The Labute approximate surface area is 82.9 Å². The van der Waals surface area contributed by atoms with E-state index in [0.717, 1.165) is 6.61 Å². The molecular weight excluding hydrogens is 160 g/mol. The standard InChI is InChI=1S/C12H24O/c1-10(2)13-9-12(6-7-12)8-11(3,4)5/h10H,6-9H2,1-5H3. The number of ether oxygens (including phenoxy) is 1. The zero-order chi connectivity index (χ0) is 10.1. The molecule has 1 aliphatic rings.